The maximum Gasteiger partial charge on any atom is 0.250 e. The lowest BCUT2D eigenvalue weighted by Gasteiger charge is -2.32. The Morgan fingerprint density at radius 2 is 1.97 bits per heavy atom. The number of nitrogens with zero attached hydrogens (tertiary/aromatic N) is 6. The van der Waals surface area contributed by atoms with Gasteiger partial charge in [0.25, 0.3) is 0 Å². The maximum absolute atomic E-state index is 14.4. The molecule has 1 atom stereocenters. The minimum absolute atomic E-state index is 0.0234. The van der Waals surface area contributed by atoms with Crippen LogP contribution in [0.25, 0.3) is 16.9 Å². The number of methoxy groups -OCH3 is 1. The molecule has 0 aliphatic carbocycles. The molecule has 3 aromatic heterocycles. The predicted octanol–water partition coefficient (Wildman–Crippen LogP) is 3.30. The molecule has 0 spiro atoms. The molecule has 0 radical (unpaired) electrons. The summed E-state index contributed by atoms with van der Waals surface area (Å²) in [6.07, 6.45) is 9.43. The van der Waals surface area contributed by atoms with Crippen molar-refractivity contribution in [3.63, 3.8) is 0 Å². The summed E-state index contributed by atoms with van der Waals surface area (Å²) in [5, 5.41) is 9.63. The third-order valence-corrected chi connectivity index (χ3v) is 7.04. The first-order chi connectivity index (χ1) is 16.0. The van der Waals surface area contributed by atoms with Gasteiger partial charge in [0.05, 0.1) is 55.8 Å². The number of fused-ring (bicyclic) bond motifs is 1. The van der Waals surface area contributed by atoms with Crippen molar-refractivity contribution < 1.29 is 13.9 Å². The van der Waals surface area contributed by atoms with Crippen LogP contribution in [-0.2, 0) is 17.6 Å². The molecule has 0 bridgehead atoms. The molecule has 0 saturated carbocycles. The summed E-state index contributed by atoms with van der Waals surface area (Å²) >= 11 is 0. The summed E-state index contributed by atoms with van der Waals surface area (Å²) in [5.41, 5.74) is 4.60. The van der Waals surface area contributed by atoms with Crippen LogP contribution in [0.3, 0.4) is 0 Å². The number of halogens is 1. The molecular formula is C24H31FN6O2. The van der Waals surface area contributed by atoms with Crippen molar-refractivity contribution in [2.45, 2.75) is 38.6 Å². The molecule has 1 saturated heterocycles. The Morgan fingerprint density at radius 1 is 1.18 bits per heavy atom. The van der Waals surface area contributed by atoms with Crippen molar-refractivity contribution in [2.75, 3.05) is 40.5 Å². The topological polar surface area (TPSA) is 70.2 Å². The normalized spacial score (nSPS) is 18.7. The molecule has 0 N–H and O–H groups in total. The number of pyridine rings is 1. The Labute approximate surface area is 193 Å². The standard InChI is InChI=1S/C24H31FN6O2/c1-16(17-4-8-29(2)9-5-17)30-15-18(13-27-30)23-20-6-10-33-11-7-22(20)31(28-23)19-12-21(25)24(32-3)26-14-19/h12-17H,4-11H2,1-3H3. The lowest BCUT2D eigenvalue weighted by Crippen LogP contribution is -2.33. The molecule has 2 aliphatic heterocycles. The lowest BCUT2D eigenvalue weighted by atomic mass is 9.90. The average Bonchev–Trinajstić information content (AvgIpc) is 3.37. The van der Waals surface area contributed by atoms with Crippen molar-refractivity contribution in [3.05, 3.63) is 41.7 Å². The monoisotopic (exact) mass is 454 g/mol. The van der Waals surface area contributed by atoms with Gasteiger partial charge in [-0.3, -0.25) is 4.68 Å². The van der Waals surface area contributed by atoms with E-state index in [4.69, 9.17) is 19.7 Å². The molecule has 3 aromatic rings. The van der Waals surface area contributed by atoms with E-state index in [1.54, 1.807) is 10.9 Å². The second-order valence-corrected chi connectivity index (χ2v) is 9.07. The van der Waals surface area contributed by atoms with Crippen LogP contribution >= 0.6 is 0 Å². The number of likely N-dealkylation sites (tertiary alicyclic amines) is 1. The van der Waals surface area contributed by atoms with Gasteiger partial charge in [-0.2, -0.15) is 10.2 Å². The zero-order valence-electron chi connectivity index (χ0n) is 19.5. The van der Waals surface area contributed by atoms with Gasteiger partial charge in [-0.15, -0.1) is 0 Å². The fourth-order valence-electron chi connectivity index (χ4n) is 4.99. The molecule has 2 aliphatic rings. The van der Waals surface area contributed by atoms with Crippen LogP contribution in [0.1, 0.15) is 37.1 Å². The fraction of sp³-hybridized carbons (Fsp3) is 0.542. The molecule has 5 rings (SSSR count). The fourth-order valence-corrected chi connectivity index (χ4v) is 4.99. The van der Waals surface area contributed by atoms with Crippen LogP contribution in [0, 0.1) is 11.7 Å². The van der Waals surface area contributed by atoms with Gasteiger partial charge in [0.2, 0.25) is 5.88 Å². The smallest absolute Gasteiger partial charge is 0.250 e. The highest BCUT2D eigenvalue weighted by Crippen LogP contribution is 2.33. The van der Waals surface area contributed by atoms with E-state index in [2.05, 4.69) is 34.7 Å². The van der Waals surface area contributed by atoms with E-state index in [1.165, 1.54) is 26.0 Å². The summed E-state index contributed by atoms with van der Waals surface area (Å²) in [4.78, 5) is 6.49. The van der Waals surface area contributed by atoms with Crippen LogP contribution in [0.4, 0.5) is 4.39 Å². The first kappa shape index (κ1) is 22.0. The SMILES string of the molecule is COc1ncc(-n2nc(-c3cnn(C(C)C4CCN(C)CC4)c3)c3c2CCOCC3)cc1F. The molecule has 0 aromatic carbocycles. The van der Waals surface area contributed by atoms with E-state index < -0.39 is 5.82 Å². The summed E-state index contributed by atoms with van der Waals surface area (Å²) in [5.74, 6) is 0.0838. The van der Waals surface area contributed by atoms with E-state index in [-0.39, 0.29) is 5.88 Å². The van der Waals surface area contributed by atoms with E-state index in [1.807, 2.05) is 6.20 Å². The number of hydrogen-bond acceptors (Lipinski definition) is 6. The second kappa shape index (κ2) is 9.23. The van der Waals surface area contributed by atoms with Gasteiger partial charge in [-0.1, -0.05) is 0 Å². The first-order valence-electron chi connectivity index (χ1n) is 11.7. The zero-order valence-corrected chi connectivity index (χ0v) is 19.5. The number of aromatic nitrogens is 5. The molecule has 33 heavy (non-hydrogen) atoms. The zero-order chi connectivity index (χ0) is 22.9. The highest BCUT2D eigenvalue weighted by atomic mass is 19.1. The molecule has 1 unspecified atom stereocenters. The number of piperidine rings is 1. The molecular weight excluding hydrogens is 423 g/mol. The summed E-state index contributed by atoms with van der Waals surface area (Å²) in [6.45, 7) is 5.77. The van der Waals surface area contributed by atoms with Crippen molar-refractivity contribution in [1.82, 2.24) is 29.4 Å². The van der Waals surface area contributed by atoms with Crippen LogP contribution < -0.4 is 4.74 Å². The van der Waals surface area contributed by atoms with E-state index in [0.717, 1.165) is 42.0 Å². The maximum atomic E-state index is 14.4. The Balaban J connectivity index is 1.49. The Morgan fingerprint density at radius 3 is 2.73 bits per heavy atom. The molecule has 1 fully saturated rings. The molecule has 5 heterocycles. The summed E-state index contributed by atoms with van der Waals surface area (Å²) < 4.78 is 29.0. The van der Waals surface area contributed by atoms with Gasteiger partial charge >= 0.3 is 0 Å². The molecule has 0 amide bonds. The average molecular weight is 455 g/mol. The minimum atomic E-state index is -0.509. The van der Waals surface area contributed by atoms with Gasteiger partial charge in [0, 0.05) is 29.8 Å². The number of rotatable bonds is 5. The van der Waals surface area contributed by atoms with Crippen molar-refractivity contribution in [2.24, 2.45) is 5.92 Å². The van der Waals surface area contributed by atoms with Gasteiger partial charge in [0.1, 0.15) is 0 Å². The van der Waals surface area contributed by atoms with Crippen LogP contribution in [0.2, 0.25) is 0 Å². The second-order valence-electron chi connectivity index (χ2n) is 9.07. The third-order valence-electron chi connectivity index (χ3n) is 7.04. The predicted molar refractivity (Wildman–Crippen MR) is 122 cm³/mol. The summed E-state index contributed by atoms with van der Waals surface area (Å²) in [7, 11) is 3.59. The third kappa shape index (κ3) is 4.27. The van der Waals surface area contributed by atoms with Gasteiger partial charge in [-0.05, 0) is 52.2 Å². The van der Waals surface area contributed by atoms with Crippen LogP contribution in [0.15, 0.2) is 24.7 Å². The number of ether oxygens (including phenoxy) is 2. The highest BCUT2D eigenvalue weighted by molar-refractivity contribution is 5.64. The quantitative estimate of drug-likeness (QED) is 0.589. The Bertz CT molecular complexity index is 1120. The lowest BCUT2D eigenvalue weighted by molar-refractivity contribution is 0.145. The minimum Gasteiger partial charge on any atom is -0.479 e. The largest absolute Gasteiger partial charge is 0.479 e. The van der Waals surface area contributed by atoms with Crippen molar-refractivity contribution >= 4 is 0 Å². The highest BCUT2D eigenvalue weighted by Gasteiger charge is 2.26. The van der Waals surface area contributed by atoms with E-state index in [0.29, 0.717) is 37.3 Å². The van der Waals surface area contributed by atoms with Crippen LogP contribution in [-0.4, -0.2) is 69.9 Å². The number of hydrogen-bond donors (Lipinski definition) is 0. The van der Waals surface area contributed by atoms with E-state index >= 15 is 0 Å². The Kier molecular flexibility index (Phi) is 6.16. The Hall–Kier alpha value is -2.78. The molecule has 9 heteroatoms. The molecule has 8 nitrogen and oxygen atoms in total. The first-order valence-corrected chi connectivity index (χ1v) is 11.7. The van der Waals surface area contributed by atoms with Crippen molar-refractivity contribution in [3.8, 4) is 22.8 Å². The van der Waals surface area contributed by atoms with E-state index in [9.17, 15) is 4.39 Å². The van der Waals surface area contributed by atoms with Crippen molar-refractivity contribution in [1.29, 1.82) is 0 Å². The van der Waals surface area contributed by atoms with Crippen LogP contribution in [0.5, 0.6) is 5.88 Å². The van der Waals surface area contributed by atoms with Gasteiger partial charge in [0.15, 0.2) is 5.82 Å². The molecule has 176 valence electrons. The van der Waals surface area contributed by atoms with Gasteiger partial charge < -0.3 is 14.4 Å². The van der Waals surface area contributed by atoms with Gasteiger partial charge in [-0.25, -0.2) is 14.1 Å². The summed E-state index contributed by atoms with van der Waals surface area (Å²) in [6, 6.07) is 1.75.